The van der Waals surface area contributed by atoms with Gasteiger partial charge in [-0.2, -0.15) is 0 Å². The Kier molecular flexibility index (Phi) is 6.31. The molecule has 42 heavy (non-hydrogen) atoms. The van der Waals surface area contributed by atoms with Gasteiger partial charge in [0.15, 0.2) is 6.10 Å². The molecule has 228 valence electrons. The molecule has 11 nitrogen and oxygen atoms in total. The van der Waals surface area contributed by atoms with Crippen LogP contribution in [0.2, 0.25) is 0 Å². The summed E-state index contributed by atoms with van der Waals surface area (Å²) in [7, 11) is 1.30. The molecule has 4 heterocycles. The van der Waals surface area contributed by atoms with Crippen LogP contribution in [0.15, 0.2) is 35.2 Å². The number of carbonyl (C=O) groups excluding carboxylic acids is 4. The monoisotopic (exact) mass is 586 g/mol. The molecule has 1 aromatic rings. The topological polar surface area (TPSA) is 140 Å². The van der Waals surface area contributed by atoms with E-state index in [1.165, 1.54) is 33.3 Å². The van der Waals surface area contributed by atoms with Gasteiger partial charge in [0, 0.05) is 47.6 Å². The molecule has 2 saturated carbocycles. The van der Waals surface area contributed by atoms with Gasteiger partial charge in [-0.1, -0.05) is 19.9 Å². The summed E-state index contributed by atoms with van der Waals surface area (Å²) in [5, 5.41) is 0. The van der Waals surface area contributed by atoms with Crippen molar-refractivity contribution in [2.45, 2.75) is 90.0 Å². The molecule has 0 radical (unpaired) electrons. The highest BCUT2D eigenvalue weighted by Gasteiger charge is 2.90. The van der Waals surface area contributed by atoms with Crippen LogP contribution >= 0.6 is 0 Å². The Morgan fingerprint density at radius 2 is 1.76 bits per heavy atom. The van der Waals surface area contributed by atoms with Crippen LogP contribution in [0.5, 0.6) is 0 Å². The van der Waals surface area contributed by atoms with Crippen molar-refractivity contribution in [2.24, 2.45) is 28.1 Å². The molecule has 3 aliphatic heterocycles. The third-order valence-electron chi connectivity index (χ3n) is 11.0. The zero-order chi connectivity index (χ0) is 30.5. The first-order valence-corrected chi connectivity index (χ1v) is 14.4. The normalized spacial score (nSPS) is 44.6. The summed E-state index contributed by atoms with van der Waals surface area (Å²) in [5.41, 5.74) is -4.05. The summed E-state index contributed by atoms with van der Waals surface area (Å²) in [6.45, 7) is 10.6. The number of furan rings is 1. The van der Waals surface area contributed by atoms with Crippen molar-refractivity contribution in [2.75, 3.05) is 13.7 Å². The molecule has 1 spiro atoms. The van der Waals surface area contributed by atoms with Crippen LogP contribution in [-0.2, 0) is 47.6 Å². The fraction of sp³-hybridized carbons (Fsp3) is 0.677. The number of cyclic esters (lactones) is 1. The van der Waals surface area contributed by atoms with Gasteiger partial charge in [-0.3, -0.25) is 9.59 Å². The highest BCUT2D eigenvalue weighted by atomic mass is 16.7. The molecule has 0 unspecified atom stereocenters. The summed E-state index contributed by atoms with van der Waals surface area (Å²) in [6, 6.07) is 1.77. The molecule has 5 aliphatic rings. The van der Waals surface area contributed by atoms with Crippen molar-refractivity contribution in [3.63, 3.8) is 0 Å². The van der Waals surface area contributed by atoms with E-state index >= 15 is 0 Å². The molecule has 0 aromatic carbocycles. The van der Waals surface area contributed by atoms with Crippen molar-refractivity contribution in [1.82, 2.24) is 0 Å². The molecule has 0 amide bonds. The molecule has 0 N–H and O–H groups in total. The van der Waals surface area contributed by atoms with E-state index < -0.39 is 81.7 Å². The minimum atomic E-state index is -1.16. The Hall–Kier alpha value is -3.18. The second-order valence-corrected chi connectivity index (χ2v) is 13.3. The number of rotatable bonds is 5. The zero-order valence-electron chi connectivity index (χ0n) is 25.0. The van der Waals surface area contributed by atoms with Gasteiger partial charge in [-0.15, -0.1) is 0 Å². The van der Waals surface area contributed by atoms with E-state index in [9.17, 15) is 19.2 Å². The Morgan fingerprint density at radius 1 is 1.05 bits per heavy atom. The number of epoxide rings is 1. The number of ether oxygens (including phenoxy) is 6. The van der Waals surface area contributed by atoms with Gasteiger partial charge in [-0.05, 0) is 38.7 Å². The minimum absolute atomic E-state index is 0.204. The molecular formula is C31H38O11. The Labute approximate surface area is 244 Å². The van der Waals surface area contributed by atoms with Crippen molar-refractivity contribution in [3.05, 3.63) is 36.3 Å². The van der Waals surface area contributed by atoms with Gasteiger partial charge in [-0.25, -0.2) is 9.59 Å². The molecular weight excluding hydrogens is 548 g/mol. The quantitative estimate of drug-likeness (QED) is 0.217. The highest BCUT2D eigenvalue weighted by Crippen LogP contribution is 2.80. The fourth-order valence-corrected chi connectivity index (χ4v) is 9.67. The zero-order valence-corrected chi connectivity index (χ0v) is 25.0. The third kappa shape index (κ3) is 3.52. The van der Waals surface area contributed by atoms with Crippen molar-refractivity contribution < 1.29 is 52.0 Å². The fourth-order valence-electron chi connectivity index (χ4n) is 9.67. The summed E-state index contributed by atoms with van der Waals surface area (Å²) in [6.07, 6.45) is 3.84. The molecule has 3 saturated heterocycles. The predicted octanol–water partition coefficient (Wildman–Crippen LogP) is 3.46. The van der Waals surface area contributed by atoms with E-state index in [0.29, 0.717) is 18.4 Å². The molecule has 10 atom stereocenters. The van der Waals surface area contributed by atoms with E-state index in [0.717, 1.165) is 0 Å². The summed E-state index contributed by atoms with van der Waals surface area (Å²) < 4.78 is 41.6. The standard InChI is InChI=1S/C31H38O11/c1-16(32)39-21-22-27(3,4)38-15-30(22,12-9-20(34)36-7)19-8-11-28(5)23(18-10-13-37-14-18)41-26(35)25-31(28,42-25)29(19,6)24(21)40-17(2)33/h9-10,12-14,19,21-25H,8,11,15H2,1-7H3/b12-9-/t19-,21+,22-,23-,24+,25+,28-,29-,30-,31+/m0/s1. The Morgan fingerprint density at radius 3 is 2.38 bits per heavy atom. The van der Waals surface area contributed by atoms with Crippen molar-refractivity contribution in [3.8, 4) is 0 Å². The van der Waals surface area contributed by atoms with Crippen LogP contribution in [0.1, 0.15) is 66.1 Å². The maximum atomic E-state index is 13.5. The minimum Gasteiger partial charge on any atom is -0.472 e. The number of methoxy groups -OCH3 is 1. The van der Waals surface area contributed by atoms with E-state index in [1.807, 2.05) is 33.8 Å². The molecule has 1 aromatic heterocycles. The lowest BCUT2D eigenvalue weighted by Crippen LogP contribution is -2.76. The molecule has 2 aliphatic carbocycles. The number of fused-ring (bicyclic) bond motifs is 3. The summed E-state index contributed by atoms with van der Waals surface area (Å²) >= 11 is 0. The van der Waals surface area contributed by atoms with Gasteiger partial charge >= 0.3 is 23.9 Å². The second-order valence-electron chi connectivity index (χ2n) is 13.3. The van der Waals surface area contributed by atoms with Crippen molar-refractivity contribution >= 4 is 23.9 Å². The number of esters is 4. The van der Waals surface area contributed by atoms with E-state index in [-0.39, 0.29) is 12.5 Å². The first-order chi connectivity index (χ1) is 19.7. The lowest BCUT2D eigenvalue weighted by molar-refractivity contribution is -0.274. The molecule has 0 bridgehead atoms. The van der Waals surface area contributed by atoms with Crippen LogP contribution < -0.4 is 0 Å². The van der Waals surface area contributed by atoms with Crippen molar-refractivity contribution in [1.29, 1.82) is 0 Å². The van der Waals surface area contributed by atoms with Gasteiger partial charge in [0.2, 0.25) is 0 Å². The maximum absolute atomic E-state index is 13.5. The second kappa shape index (κ2) is 9.16. The molecule has 5 fully saturated rings. The first-order valence-electron chi connectivity index (χ1n) is 14.4. The van der Waals surface area contributed by atoms with Gasteiger partial charge in [0.25, 0.3) is 0 Å². The van der Waals surface area contributed by atoms with Crippen LogP contribution in [0.3, 0.4) is 0 Å². The average molecular weight is 587 g/mol. The SMILES string of the molecule is COC(=O)/C=C\[C@@]12COC(C)(C)[C@@H]1[C@@H](OC(C)=O)[C@@H](OC(C)=O)[C@]1(C)[C@@H]2CC[C@@]2(C)[C@H](c3ccoc3)OC(=O)[C@H]3O[C@@]312. The first kappa shape index (κ1) is 28.9. The van der Waals surface area contributed by atoms with E-state index in [1.54, 1.807) is 12.3 Å². The van der Waals surface area contributed by atoms with Crippen LogP contribution in [0.25, 0.3) is 0 Å². The smallest absolute Gasteiger partial charge is 0.339 e. The van der Waals surface area contributed by atoms with E-state index in [2.05, 4.69) is 0 Å². The third-order valence-corrected chi connectivity index (χ3v) is 11.0. The number of hydrogen-bond acceptors (Lipinski definition) is 11. The van der Waals surface area contributed by atoms with E-state index in [4.69, 9.17) is 32.8 Å². The van der Waals surface area contributed by atoms with Crippen LogP contribution in [0, 0.1) is 28.1 Å². The van der Waals surface area contributed by atoms with Gasteiger partial charge < -0.3 is 32.8 Å². The number of hydrogen-bond donors (Lipinski definition) is 0. The Balaban J connectivity index is 1.62. The summed E-state index contributed by atoms with van der Waals surface area (Å²) in [4.78, 5) is 51.5. The lowest BCUT2D eigenvalue weighted by atomic mass is 9.37. The number of carbonyl (C=O) groups is 4. The summed E-state index contributed by atoms with van der Waals surface area (Å²) in [5.74, 6) is -3.02. The largest absolute Gasteiger partial charge is 0.472 e. The predicted molar refractivity (Wildman–Crippen MR) is 142 cm³/mol. The van der Waals surface area contributed by atoms with Gasteiger partial charge in [0.05, 0.1) is 31.8 Å². The average Bonchev–Trinajstić information content (AvgIpc) is 3.37. The lowest BCUT2D eigenvalue weighted by Gasteiger charge is -2.67. The molecule has 6 rings (SSSR count). The van der Waals surface area contributed by atoms with Crippen LogP contribution in [-0.4, -0.2) is 67.1 Å². The molecule has 11 heteroatoms. The van der Waals surface area contributed by atoms with Crippen LogP contribution in [0.4, 0.5) is 0 Å². The van der Waals surface area contributed by atoms with Gasteiger partial charge in [0.1, 0.15) is 23.9 Å². The maximum Gasteiger partial charge on any atom is 0.339 e. The highest BCUT2D eigenvalue weighted by molar-refractivity contribution is 5.83. The Bertz CT molecular complexity index is 1350.